The number of thioether (sulfide) groups is 1. The lowest BCUT2D eigenvalue weighted by molar-refractivity contribution is -0.159. The maximum absolute atomic E-state index is 13.1. The number of nitrogens with one attached hydrogen (secondary N) is 1. The van der Waals surface area contributed by atoms with Crippen molar-refractivity contribution in [1.29, 1.82) is 0 Å². The molecule has 4 unspecified atom stereocenters. The third-order valence-electron chi connectivity index (χ3n) is 5.64. The number of aromatic nitrogens is 4. The molecule has 180 valence electrons. The average molecular weight is 509 g/mol. The van der Waals surface area contributed by atoms with E-state index in [9.17, 15) is 28.5 Å². The number of nitrogens with zero attached hydrogens (tertiary/aromatic N) is 5. The summed E-state index contributed by atoms with van der Waals surface area (Å²) in [5.74, 6) is -2.70. The number of benzene rings is 1. The maximum Gasteiger partial charge on any atom is 0.313 e. The van der Waals surface area contributed by atoms with Gasteiger partial charge in [-0.3, -0.25) is 23.4 Å². The molecule has 1 aromatic heterocycles. The molecule has 0 saturated carbocycles. The standard InChI is InChI=1S/C19H20N6O7S2/c1-24-18(21-22-23-24)33-8-19(17(29)30)7-25-15(28)12(16(25)34(31)9-19)20-14(27)13(32-10-26)11-5-3-2-4-6-11/h2-6,10,12-13,16H,7-9H2,1H3,(H,20,27)(H,29,30)/t12?,13?,16-,19?,34?/m1/s1. The van der Waals surface area contributed by atoms with E-state index >= 15 is 0 Å². The van der Waals surface area contributed by atoms with Gasteiger partial charge in [-0.2, -0.15) is 0 Å². The van der Waals surface area contributed by atoms with Crippen molar-refractivity contribution in [3.8, 4) is 0 Å². The van der Waals surface area contributed by atoms with Crippen LogP contribution in [0.15, 0.2) is 35.5 Å². The van der Waals surface area contributed by atoms with Gasteiger partial charge >= 0.3 is 5.97 Å². The predicted octanol–water partition coefficient (Wildman–Crippen LogP) is -1.30. The first-order valence-electron chi connectivity index (χ1n) is 9.98. The average Bonchev–Trinajstić information content (AvgIpc) is 3.24. The fourth-order valence-electron chi connectivity index (χ4n) is 3.88. The highest BCUT2D eigenvalue weighted by Crippen LogP contribution is 2.39. The van der Waals surface area contributed by atoms with Crippen LogP contribution in [-0.4, -0.2) is 88.1 Å². The van der Waals surface area contributed by atoms with Crippen LogP contribution >= 0.6 is 11.8 Å². The number of aliphatic carboxylic acids is 1. The van der Waals surface area contributed by atoms with E-state index < -0.39 is 51.5 Å². The number of hydrogen-bond donors (Lipinski definition) is 2. The van der Waals surface area contributed by atoms with E-state index in [1.165, 1.54) is 9.58 Å². The van der Waals surface area contributed by atoms with E-state index in [4.69, 9.17) is 4.74 Å². The van der Waals surface area contributed by atoms with Crippen molar-refractivity contribution in [2.45, 2.75) is 22.7 Å². The third-order valence-corrected chi connectivity index (χ3v) is 8.85. The van der Waals surface area contributed by atoms with Crippen LogP contribution in [0.2, 0.25) is 0 Å². The minimum absolute atomic E-state index is 0.000924. The molecule has 0 radical (unpaired) electrons. The van der Waals surface area contributed by atoms with Gasteiger partial charge in [0.25, 0.3) is 12.4 Å². The van der Waals surface area contributed by atoms with Crippen LogP contribution in [0, 0.1) is 5.41 Å². The molecule has 2 saturated heterocycles. The second-order valence-corrected chi connectivity index (χ2v) is 10.3. The molecule has 34 heavy (non-hydrogen) atoms. The van der Waals surface area contributed by atoms with Crippen molar-refractivity contribution in [3.63, 3.8) is 0 Å². The molecular weight excluding hydrogens is 488 g/mol. The highest BCUT2D eigenvalue weighted by atomic mass is 32.2. The SMILES string of the molecule is Cn1nnnc1SCC1(C(=O)O)CN2C(=O)C(NC(=O)C(OC=O)c3ccccc3)[C@H]2S(=O)C1. The normalized spacial score (nSPS) is 26.7. The fraction of sp³-hybridized carbons (Fsp3) is 0.421. The van der Waals surface area contributed by atoms with Gasteiger partial charge in [0.1, 0.15) is 16.8 Å². The van der Waals surface area contributed by atoms with Crippen LogP contribution in [-0.2, 0) is 41.8 Å². The van der Waals surface area contributed by atoms with E-state index in [1.54, 1.807) is 37.4 Å². The number of carboxylic acids is 1. The van der Waals surface area contributed by atoms with Crippen LogP contribution in [0.5, 0.6) is 0 Å². The number of carboxylic acid groups (broad SMARTS) is 1. The maximum atomic E-state index is 13.1. The van der Waals surface area contributed by atoms with Gasteiger partial charge in [0.05, 0.1) is 0 Å². The van der Waals surface area contributed by atoms with Gasteiger partial charge < -0.3 is 20.1 Å². The first-order valence-corrected chi connectivity index (χ1v) is 12.3. The molecule has 0 bridgehead atoms. The topological polar surface area (TPSA) is 174 Å². The van der Waals surface area contributed by atoms with Crippen molar-refractivity contribution in [3.05, 3.63) is 35.9 Å². The second kappa shape index (κ2) is 9.50. The number of fused-ring (bicyclic) bond motifs is 1. The highest BCUT2D eigenvalue weighted by Gasteiger charge is 2.60. The summed E-state index contributed by atoms with van der Waals surface area (Å²) in [5.41, 5.74) is -1.07. The van der Waals surface area contributed by atoms with Gasteiger partial charge in [-0.05, 0) is 10.4 Å². The van der Waals surface area contributed by atoms with Crippen molar-refractivity contribution in [2.24, 2.45) is 12.5 Å². The molecule has 3 heterocycles. The number of hydrogen-bond acceptors (Lipinski definition) is 10. The Hall–Kier alpha value is -3.33. The molecule has 0 spiro atoms. The molecule has 2 fully saturated rings. The number of carbonyl (C=O) groups excluding carboxylic acids is 3. The molecule has 13 nitrogen and oxygen atoms in total. The Balaban J connectivity index is 1.47. The molecule has 2 N–H and O–H groups in total. The first kappa shape index (κ1) is 23.8. The molecule has 2 aliphatic rings. The van der Waals surface area contributed by atoms with Crippen molar-refractivity contribution in [1.82, 2.24) is 30.4 Å². The van der Waals surface area contributed by atoms with Gasteiger partial charge in [0.2, 0.25) is 17.2 Å². The quantitative estimate of drug-likeness (QED) is 0.234. The van der Waals surface area contributed by atoms with Gasteiger partial charge in [-0.25, -0.2) is 4.68 Å². The molecule has 5 atom stereocenters. The smallest absolute Gasteiger partial charge is 0.313 e. The summed E-state index contributed by atoms with van der Waals surface area (Å²) >= 11 is 1.09. The highest BCUT2D eigenvalue weighted by molar-refractivity contribution is 7.99. The van der Waals surface area contributed by atoms with E-state index in [0.717, 1.165) is 11.8 Å². The molecule has 2 aliphatic heterocycles. The van der Waals surface area contributed by atoms with Crippen LogP contribution in [0.25, 0.3) is 0 Å². The number of amides is 2. The third kappa shape index (κ3) is 4.27. The Kier molecular flexibility index (Phi) is 6.65. The molecule has 2 amide bonds. The Labute approximate surface area is 199 Å². The number of tetrazole rings is 1. The molecular formula is C19H20N6O7S2. The lowest BCUT2D eigenvalue weighted by Crippen LogP contribution is -2.77. The monoisotopic (exact) mass is 508 g/mol. The predicted molar refractivity (Wildman–Crippen MR) is 116 cm³/mol. The zero-order valence-corrected chi connectivity index (χ0v) is 19.4. The number of carbonyl (C=O) groups is 4. The molecule has 15 heteroatoms. The fourth-order valence-corrected chi connectivity index (χ4v) is 7.03. The van der Waals surface area contributed by atoms with Crippen molar-refractivity contribution < 1.29 is 33.2 Å². The second-order valence-electron chi connectivity index (χ2n) is 7.85. The molecule has 1 aromatic carbocycles. The number of β-lactam (4-membered cyclic amide) rings is 1. The Morgan fingerprint density at radius 2 is 2.15 bits per heavy atom. The lowest BCUT2D eigenvalue weighted by Gasteiger charge is -2.53. The van der Waals surface area contributed by atoms with E-state index in [-0.39, 0.29) is 24.5 Å². The number of aryl methyl sites for hydroxylation is 1. The van der Waals surface area contributed by atoms with E-state index in [0.29, 0.717) is 10.7 Å². The van der Waals surface area contributed by atoms with Crippen LogP contribution in [0.1, 0.15) is 11.7 Å². The van der Waals surface area contributed by atoms with E-state index in [1.807, 2.05) is 0 Å². The summed E-state index contributed by atoms with van der Waals surface area (Å²) in [4.78, 5) is 49.9. The minimum atomic E-state index is -1.77. The Morgan fingerprint density at radius 1 is 1.41 bits per heavy atom. The summed E-state index contributed by atoms with van der Waals surface area (Å²) in [6, 6.07) is 7.12. The summed E-state index contributed by atoms with van der Waals surface area (Å²) in [5, 5.41) is 22.9. The van der Waals surface area contributed by atoms with Crippen molar-refractivity contribution >= 4 is 46.8 Å². The Bertz CT molecular complexity index is 1150. The molecule has 0 aliphatic carbocycles. The zero-order valence-electron chi connectivity index (χ0n) is 17.8. The van der Waals surface area contributed by atoms with E-state index in [2.05, 4.69) is 20.8 Å². The number of ether oxygens (including phenoxy) is 1. The summed E-state index contributed by atoms with van der Waals surface area (Å²) in [7, 11) is -0.168. The minimum Gasteiger partial charge on any atom is -0.481 e. The van der Waals surface area contributed by atoms with Gasteiger partial charge in [0.15, 0.2) is 0 Å². The largest absolute Gasteiger partial charge is 0.481 e. The molecule has 4 rings (SSSR count). The van der Waals surface area contributed by atoms with Gasteiger partial charge in [0, 0.05) is 41.5 Å². The van der Waals surface area contributed by atoms with Crippen LogP contribution in [0.4, 0.5) is 0 Å². The summed E-state index contributed by atoms with van der Waals surface area (Å²) in [6.45, 7) is -0.0361. The first-order chi connectivity index (χ1) is 16.3. The van der Waals surface area contributed by atoms with Crippen LogP contribution < -0.4 is 5.32 Å². The Morgan fingerprint density at radius 3 is 2.76 bits per heavy atom. The van der Waals surface area contributed by atoms with Crippen LogP contribution in [0.3, 0.4) is 0 Å². The zero-order chi connectivity index (χ0) is 24.5. The van der Waals surface area contributed by atoms with Gasteiger partial charge in [-0.1, -0.05) is 42.1 Å². The summed E-state index contributed by atoms with van der Waals surface area (Å²) in [6.07, 6.45) is -1.29. The molecule has 2 aromatic rings. The number of rotatable bonds is 9. The lowest BCUT2D eigenvalue weighted by atomic mass is 9.89. The summed E-state index contributed by atoms with van der Waals surface area (Å²) < 4.78 is 19.4. The van der Waals surface area contributed by atoms with Gasteiger partial charge in [-0.15, -0.1) is 5.10 Å². The van der Waals surface area contributed by atoms with Crippen molar-refractivity contribution in [2.75, 3.05) is 18.1 Å².